The van der Waals surface area contributed by atoms with Gasteiger partial charge >= 0.3 is 6.20 Å². The van der Waals surface area contributed by atoms with E-state index in [1.165, 1.54) is 0 Å². The molecule has 5 heteroatoms. The van der Waals surface area contributed by atoms with E-state index in [1.54, 1.807) is 6.07 Å². The van der Waals surface area contributed by atoms with E-state index in [0.717, 1.165) is 11.8 Å². The number of aliphatic hydroxyl groups is 1. The fourth-order valence-corrected chi connectivity index (χ4v) is 2.27. The van der Waals surface area contributed by atoms with Crippen LogP contribution in [0.25, 0.3) is 4.98 Å². The van der Waals surface area contributed by atoms with Gasteiger partial charge in [0.15, 0.2) is 10.7 Å². The van der Waals surface area contributed by atoms with Crippen LogP contribution in [-0.2, 0) is 0 Å². The number of hydrogen-bond acceptors (Lipinski definition) is 2. The standard InChI is InChI=1S/C10H8BrClN2O/c11-9(5-7(15)6-14-13)8-3-1-2-4-10(8)12/h1-4,6,9H,5H2/p+1/b7-6+. The lowest BCUT2D eigenvalue weighted by atomic mass is 10.1. The second-order valence-corrected chi connectivity index (χ2v) is 4.44. The quantitative estimate of drug-likeness (QED) is 0.508. The van der Waals surface area contributed by atoms with Crippen LogP contribution < -0.4 is 0 Å². The molecule has 1 aromatic rings. The van der Waals surface area contributed by atoms with E-state index < -0.39 is 0 Å². The third-order valence-corrected chi connectivity index (χ3v) is 3.00. The van der Waals surface area contributed by atoms with Crippen molar-refractivity contribution in [3.05, 3.63) is 51.8 Å². The number of nitrogens with zero attached hydrogens (tertiary/aromatic N) is 2. The Hall–Kier alpha value is -1.05. The summed E-state index contributed by atoms with van der Waals surface area (Å²) in [6, 6.07) is 7.35. The van der Waals surface area contributed by atoms with Gasteiger partial charge in [0.2, 0.25) is 5.39 Å². The molecule has 1 aromatic carbocycles. The first-order chi connectivity index (χ1) is 7.15. The number of diazo groups is 1. The summed E-state index contributed by atoms with van der Waals surface area (Å²) < 4.78 is 0. The molecule has 0 bridgehead atoms. The average Bonchev–Trinajstić information content (AvgIpc) is 2.18. The molecular formula is C10H9BrClN2O+. The smallest absolute Gasteiger partial charge is 0.387 e. The molecule has 15 heavy (non-hydrogen) atoms. The largest absolute Gasteiger partial charge is 0.505 e. The zero-order valence-corrected chi connectivity index (χ0v) is 10.1. The molecule has 1 atom stereocenters. The molecule has 0 amide bonds. The minimum absolute atomic E-state index is 0.0145. The molecule has 0 saturated heterocycles. The van der Waals surface area contributed by atoms with Crippen LogP contribution in [-0.4, -0.2) is 5.11 Å². The normalized spacial score (nSPS) is 13.3. The number of alkyl halides is 1. The van der Waals surface area contributed by atoms with Crippen molar-refractivity contribution in [2.75, 3.05) is 0 Å². The van der Waals surface area contributed by atoms with E-state index in [4.69, 9.17) is 17.0 Å². The molecule has 0 radical (unpaired) electrons. The highest BCUT2D eigenvalue weighted by Crippen LogP contribution is 2.33. The van der Waals surface area contributed by atoms with Crippen molar-refractivity contribution >= 4 is 27.5 Å². The van der Waals surface area contributed by atoms with Crippen molar-refractivity contribution in [1.82, 2.24) is 0 Å². The van der Waals surface area contributed by atoms with Gasteiger partial charge in [-0.3, -0.25) is 0 Å². The molecule has 0 spiro atoms. The van der Waals surface area contributed by atoms with Crippen LogP contribution in [0.3, 0.4) is 0 Å². The third kappa shape index (κ3) is 3.54. The minimum Gasteiger partial charge on any atom is -0.505 e. The second-order valence-electron chi connectivity index (χ2n) is 2.93. The van der Waals surface area contributed by atoms with Gasteiger partial charge in [0.25, 0.3) is 0 Å². The van der Waals surface area contributed by atoms with Gasteiger partial charge in [0, 0.05) is 16.3 Å². The Bertz CT molecular complexity index is 414. The number of rotatable bonds is 3. The Morgan fingerprint density at radius 3 is 2.87 bits per heavy atom. The summed E-state index contributed by atoms with van der Waals surface area (Å²) in [4.78, 5) is 2.63. The predicted octanol–water partition coefficient (Wildman–Crippen LogP) is 4.42. The van der Waals surface area contributed by atoms with Gasteiger partial charge in [-0.25, -0.2) is 0 Å². The highest BCUT2D eigenvalue weighted by atomic mass is 79.9. The summed E-state index contributed by atoms with van der Waals surface area (Å²) in [6.07, 6.45) is 1.30. The summed E-state index contributed by atoms with van der Waals surface area (Å²) in [5.41, 5.74) is 0.886. The lowest BCUT2D eigenvalue weighted by Gasteiger charge is -2.09. The summed E-state index contributed by atoms with van der Waals surface area (Å²) in [5.74, 6) is -0.0145. The highest BCUT2D eigenvalue weighted by Gasteiger charge is 2.14. The molecule has 0 saturated carbocycles. The van der Waals surface area contributed by atoms with Crippen LogP contribution in [0.15, 0.2) is 36.2 Å². The van der Waals surface area contributed by atoms with Gasteiger partial charge in [-0.2, -0.15) is 0 Å². The van der Waals surface area contributed by atoms with Gasteiger partial charge in [0.1, 0.15) is 0 Å². The summed E-state index contributed by atoms with van der Waals surface area (Å²) >= 11 is 9.37. The van der Waals surface area contributed by atoms with Crippen molar-refractivity contribution in [3.63, 3.8) is 0 Å². The minimum atomic E-state index is -0.107. The van der Waals surface area contributed by atoms with E-state index in [-0.39, 0.29) is 10.6 Å². The maximum atomic E-state index is 9.31. The Morgan fingerprint density at radius 1 is 1.60 bits per heavy atom. The molecule has 0 fully saturated rings. The molecule has 0 aliphatic heterocycles. The van der Waals surface area contributed by atoms with Crippen LogP contribution in [0.1, 0.15) is 16.8 Å². The summed E-state index contributed by atoms with van der Waals surface area (Å²) in [6.45, 7) is 0. The van der Waals surface area contributed by atoms with Gasteiger partial charge in [-0.15, -0.1) is 0 Å². The molecule has 0 aliphatic rings. The van der Waals surface area contributed by atoms with Gasteiger partial charge in [-0.1, -0.05) is 45.7 Å². The Morgan fingerprint density at radius 2 is 2.27 bits per heavy atom. The molecule has 0 heterocycles. The fraction of sp³-hybridized carbons (Fsp3) is 0.200. The van der Waals surface area contributed by atoms with E-state index in [1.807, 2.05) is 18.2 Å². The van der Waals surface area contributed by atoms with Crippen LogP contribution in [0.4, 0.5) is 0 Å². The lowest BCUT2D eigenvalue weighted by molar-refractivity contribution is 0.388. The highest BCUT2D eigenvalue weighted by molar-refractivity contribution is 9.09. The Labute approximate surface area is 101 Å². The van der Waals surface area contributed by atoms with Crippen LogP contribution in [0, 0.1) is 5.39 Å². The number of halogens is 2. The van der Waals surface area contributed by atoms with E-state index in [0.29, 0.717) is 11.4 Å². The number of hydrogen-bond donors (Lipinski definition) is 1. The molecule has 0 aromatic heterocycles. The first kappa shape index (κ1) is 12.0. The maximum Gasteiger partial charge on any atom is 0.387 e. The molecule has 3 nitrogen and oxygen atoms in total. The topological polar surface area (TPSA) is 48.4 Å². The van der Waals surface area contributed by atoms with Crippen molar-refractivity contribution in [2.24, 2.45) is 0 Å². The Balaban J connectivity index is 2.79. The van der Waals surface area contributed by atoms with Crippen LogP contribution in [0.5, 0.6) is 0 Å². The molecule has 0 aliphatic carbocycles. The first-order valence-electron chi connectivity index (χ1n) is 4.26. The predicted molar refractivity (Wildman–Crippen MR) is 63.5 cm³/mol. The molecular weight excluding hydrogens is 279 g/mol. The SMILES string of the molecule is N#[N+]/C=C(/O)CC(Br)c1ccccc1Cl. The molecule has 1 rings (SSSR count). The zero-order valence-electron chi connectivity index (χ0n) is 7.77. The van der Waals surface area contributed by atoms with Gasteiger partial charge in [-0.05, 0) is 11.6 Å². The number of allylic oxidation sites excluding steroid dienone is 1. The molecule has 1 N–H and O–H groups in total. The third-order valence-electron chi connectivity index (χ3n) is 1.84. The summed E-state index contributed by atoms with van der Waals surface area (Å²) in [7, 11) is 0. The first-order valence-corrected chi connectivity index (χ1v) is 5.55. The van der Waals surface area contributed by atoms with E-state index in [2.05, 4.69) is 20.9 Å². The summed E-state index contributed by atoms with van der Waals surface area (Å²) in [5, 5.41) is 18.2. The fourth-order valence-electron chi connectivity index (χ4n) is 1.14. The maximum absolute atomic E-state index is 9.31. The average molecular weight is 289 g/mol. The van der Waals surface area contributed by atoms with Crippen molar-refractivity contribution in [2.45, 2.75) is 11.2 Å². The van der Waals surface area contributed by atoms with Crippen LogP contribution in [0.2, 0.25) is 5.02 Å². The van der Waals surface area contributed by atoms with E-state index >= 15 is 0 Å². The van der Waals surface area contributed by atoms with E-state index in [9.17, 15) is 5.11 Å². The monoisotopic (exact) mass is 287 g/mol. The number of aliphatic hydroxyl groups excluding tert-OH is 1. The number of benzene rings is 1. The lowest BCUT2D eigenvalue weighted by Crippen LogP contribution is -1.93. The van der Waals surface area contributed by atoms with Crippen molar-refractivity contribution < 1.29 is 5.11 Å². The van der Waals surface area contributed by atoms with Crippen molar-refractivity contribution in [1.29, 1.82) is 5.39 Å². The van der Waals surface area contributed by atoms with Gasteiger partial charge < -0.3 is 5.11 Å². The Kier molecular flexibility index (Phi) is 4.60. The molecule has 1 unspecified atom stereocenters. The second kappa shape index (κ2) is 5.74. The van der Waals surface area contributed by atoms with Gasteiger partial charge in [0.05, 0.1) is 0 Å². The van der Waals surface area contributed by atoms with Crippen LogP contribution >= 0.6 is 27.5 Å². The van der Waals surface area contributed by atoms with Crippen molar-refractivity contribution in [3.8, 4) is 0 Å². The zero-order chi connectivity index (χ0) is 11.3. The molecule has 78 valence electrons.